The number of carbonyl (C=O) groups excluding carboxylic acids is 1. The highest BCUT2D eigenvalue weighted by Crippen LogP contribution is 2.16. The fourth-order valence-electron chi connectivity index (χ4n) is 1.39. The molecule has 104 valence electrons. The summed E-state index contributed by atoms with van der Waals surface area (Å²) in [5.74, 6) is -2.10. The number of aromatic nitrogens is 1. The van der Waals surface area contributed by atoms with Crippen molar-refractivity contribution in [3.05, 3.63) is 50.1 Å². The van der Waals surface area contributed by atoms with Crippen molar-refractivity contribution in [2.75, 3.05) is 0 Å². The Morgan fingerprint density at radius 2 is 2.20 bits per heavy atom. The van der Waals surface area contributed by atoms with Gasteiger partial charge in [-0.05, 0) is 34.1 Å². The van der Waals surface area contributed by atoms with Gasteiger partial charge in [0.25, 0.3) is 5.91 Å². The minimum atomic E-state index is -1.12. The maximum absolute atomic E-state index is 13.3. The van der Waals surface area contributed by atoms with E-state index in [1.165, 1.54) is 17.5 Å². The minimum absolute atomic E-state index is 0.0612. The van der Waals surface area contributed by atoms with E-state index in [2.05, 4.69) is 26.2 Å². The molecule has 0 aliphatic heterocycles. The number of hydrogen-bond acceptors (Lipinski definition) is 4. The Kier molecular flexibility index (Phi) is 4.46. The van der Waals surface area contributed by atoms with Crippen molar-refractivity contribution in [3.8, 4) is 0 Å². The number of carboxylic acid groups (broad SMARTS) is 1. The summed E-state index contributed by atoms with van der Waals surface area (Å²) in [6.45, 7) is 0.0917. The molecule has 0 radical (unpaired) electrons. The first-order valence-electron chi connectivity index (χ1n) is 5.38. The van der Waals surface area contributed by atoms with Crippen molar-refractivity contribution in [2.24, 2.45) is 0 Å². The van der Waals surface area contributed by atoms with E-state index < -0.39 is 17.7 Å². The molecule has 20 heavy (non-hydrogen) atoms. The van der Waals surface area contributed by atoms with Crippen LogP contribution in [0.1, 0.15) is 25.9 Å². The van der Waals surface area contributed by atoms with Gasteiger partial charge < -0.3 is 10.4 Å². The number of carboxylic acids is 1. The molecule has 5 nitrogen and oxygen atoms in total. The average Bonchev–Trinajstić information content (AvgIpc) is 2.88. The zero-order valence-corrected chi connectivity index (χ0v) is 12.3. The van der Waals surface area contributed by atoms with Gasteiger partial charge in [-0.1, -0.05) is 0 Å². The highest BCUT2D eigenvalue weighted by Gasteiger charge is 2.11. The summed E-state index contributed by atoms with van der Waals surface area (Å²) in [7, 11) is 0. The lowest BCUT2D eigenvalue weighted by Gasteiger charge is -2.04. The molecule has 1 amide bonds. The van der Waals surface area contributed by atoms with Crippen LogP contribution in [0.4, 0.5) is 4.39 Å². The number of benzene rings is 1. The highest BCUT2D eigenvalue weighted by molar-refractivity contribution is 9.10. The average molecular weight is 359 g/mol. The van der Waals surface area contributed by atoms with Crippen LogP contribution in [-0.4, -0.2) is 22.0 Å². The normalized spacial score (nSPS) is 10.3. The van der Waals surface area contributed by atoms with Gasteiger partial charge in [0.2, 0.25) is 0 Å². The molecular weight excluding hydrogens is 351 g/mol. The van der Waals surface area contributed by atoms with Gasteiger partial charge in [0.15, 0.2) is 5.69 Å². The highest BCUT2D eigenvalue weighted by atomic mass is 79.9. The van der Waals surface area contributed by atoms with Crippen LogP contribution in [0.2, 0.25) is 0 Å². The van der Waals surface area contributed by atoms with Crippen LogP contribution < -0.4 is 5.32 Å². The van der Waals surface area contributed by atoms with Gasteiger partial charge in [0, 0.05) is 10.9 Å². The van der Waals surface area contributed by atoms with Crippen molar-refractivity contribution < 1.29 is 19.1 Å². The standard InChI is InChI=1S/C12H8BrFN2O3S/c13-7-2-1-6(3-8(7)14)11(17)15-4-10-16-9(5-20-10)12(18)19/h1-3,5H,4H2,(H,15,17)(H,18,19). The molecule has 0 spiro atoms. The second kappa shape index (κ2) is 6.10. The summed E-state index contributed by atoms with van der Waals surface area (Å²) in [5, 5.41) is 13.1. The molecule has 0 saturated heterocycles. The van der Waals surface area contributed by atoms with Gasteiger partial charge in [-0.25, -0.2) is 14.2 Å². The first-order chi connectivity index (χ1) is 9.47. The van der Waals surface area contributed by atoms with Crippen molar-refractivity contribution in [2.45, 2.75) is 6.54 Å². The molecule has 2 aromatic rings. The molecule has 1 heterocycles. The summed E-state index contributed by atoms with van der Waals surface area (Å²) in [6.07, 6.45) is 0. The summed E-state index contributed by atoms with van der Waals surface area (Å²) in [5.41, 5.74) is 0.120. The first kappa shape index (κ1) is 14.6. The molecule has 0 fully saturated rings. The third-order valence-electron chi connectivity index (χ3n) is 2.35. The Labute approximate surface area is 125 Å². The van der Waals surface area contributed by atoms with E-state index in [4.69, 9.17) is 5.11 Å². The molecule has 0 bridgehead atoms. The van der Waals surface area contributed by atoms with Crippen LogP contribution >= 0.6 is 27.3 Å². The minimum Gasteiger partial charge on any atom is -0.476 e. The van der Waals surface area contributed by atoms with Crippen molar-refractivity contribution >= 4 is 39.1 Å². The molecule has 0 saturated carbocycles. The van der Waals surface area contributed by atoms with Crippen molar-refractivity contribution in [1.29, 1.82) is 0 Å². The van der Waals surface area contributed by atoms with Gasteiger partial charge in [-0.3, -0.25) is 4.79 Å². The summed E-state index contributed by atoms with van der Waals surface area (Å²) < 4.78 is 13.6. The number of hydrogen-bond donors (Lipinski definition) is 2. The Hall–Kier alpha value is -1.80. The van der Waals surface area contributed by atoms with E-state index in [1.807, 2.05) is 0 Å². The zero-order valence-electron chi connectivity index (χ0n) is 9.89. The summed E-state index contributed by atoms with van der Waals surface area (Å²) in [6, 6.07) is 4.03. The van der Waals surface area contributed by atoms with E-state index >= 15 is 0 Å². The number of amides is 1. The fraction of sp³-hybridized carbons (Fsp3) is 0.0833. The molecule has 0 atom stereocenters. The van der Waals surface area contributed by atoms with Gasteiger partial charge in [-0.2, -0.15) is 0 Å². The summed E-state index contributed by atoms with van der Waals surface area (Å²) in [4.78, 5) is 26.3. The quantitative estimate of drug-likeness (QED) is 0.880. The molecule has 0 aliphatic carbocycles. The number of nitrogens with zero attached hydrogens (tertiary/aromatic N) is 1. The number of halogens is 2. The van der Waals surface area contributed by atoms with Crippen LogP contribution in [0.3, 0.4) is 0 Å². The van der Waals surface area contributed by atoms with Crippen LogP contribution in [-0.2, 0) is 6.54 Å². The lowest BCUT2D eigenvalue weighted by Crippen LogP contribution is -2.22. The number of nitrogens with one attached hydrogen (secondary N) is 1. The Morgan fingerprint density at radius 1 is 1.45 bits per heavy atom. The predicted molar refractivity (Wildman–Crippen MR) is 74.3 cm³/mol. The first-order valence-corrected chi connectivity index (χ1v) is 7.05. The maximum Gasteiger partial charge on any atom is 0.355 e. The van der Waals surface area contributed by atoms with Crippen LogP contribution in [0.15, 0.2) is 28.1 Å². The topological polar surface area (TPSA) is 79.3 Å². The number of carbonyl (C=O) groups is 2. The third-order valence-corrected chi connectivity index (χ3v) is 3.84. The van der Waals surface area contributed by atoms with E-state index in [0.29, 0.717) is 5.01 Å². The van der Waals surface area contributed by atoms with Gasteiger partial charge in [-0.15, -0.1) is 11.3 Å². The maximum atomic E-state index is 13.3. The second-order valence-corrected chi connectivity index (χ2v) is 5.54. The molecule has 0 aliphatic rings. The van der Waals surface area contributed by atoms with Gasteiger partial charge in [0.05, 0.1) is 11.0 Å². The molecular formula is C12H8BrFN2O3S. The number of aromatic carboxylic acids is 1. The molecule has 2 N–H and O–H groups in total. The SMILES string of the molecule is O=C(NCc1nc(C(=O)O)cs1)c1ccc(Br)c(F)c1. The Bertz CT molecular complexity index is 674. The van der Waals surface area contributed by atoms with Crippen LogP contribution in [0.25, 0.3) is 0 Å². The monoisotopic (exact) mass is 358 g/mol. The fourth-order valence-corrected chi connectivity index (χ4v) is 2.34. The van der Waals surface area contributed by atoms with Crippen molar-refractivity contribution in [3.63, 3.8) is 0 Å². The molecule has 1 aromatic carbocycles. The van der Waals surface area contributed by atoms with Crippen LogP contribution in [0, 0.1) is 5.82 Å². The lowest BCUT2D eigenvalue weighted by molar-refractivity contribution is 0.0691. The van der Waals surface area contributed by atoms with Crippen LogP contribution in [0.5, 0.6) is 0 Å². The van der Waals surface area contributed by atoms with E-state index in [1.54, 1.807) is 0 Å². The zero-order chi connectivity index (χ0) is 14.7. The largest absolute Gasteiger partial charge is 0.476 e. The van der Waals surface area contributed by atoms with E-state index in [0.717, 1.165) is 17.4 Å². The van der Waals surface area contributed by atoms with Gasteiger partial charge >= 0.3 is 5.97 Å². The second-order valence-electron chi connectivity index (χ2n) is 3.74. The third kappa shape index (κ3) is 3.40. The number of rotatable bonds is 4. The summed E-state index contributed by atoms with van der Waals surface area (Å²) >= 11 is 4.13. The predicted octanol–water partition coefficient (Wildman–Crippen LogP) is 2.67. The Morgan fingerprint density at radius 3 is 2.80 bits per heavy atom. The molecule has 2 rings (SSSR count). The van der Waals surface area contributed by atoms with E-state index in [9.17, 15) is 14.0 Å². The smallest absolute Gasteiger partial charge is 0.355 e. The molecule has 1 aromatic heterocycles. The Balaban J connectivity index is 2.00. The molecule has 0 unspecified atom stereocenters. The molecule has 8 heteroatoms. The van der Waals surface area contributed by atoms with Crippen molar-refractivity contribution in [1.82, 2.24) is 10.3 Å². The van der Waals surface area contributed by atoms with Gasteiger partial charge in [0.1, 0.15) is 10.8 Å². The van der Waals surface area contributed by atoms with E-state index in [-0.39, 0.29) is 22.3 Å². The lowest BCUT2D eigenvalue weighted by atomic mass is 10.2. The number of thiazole rings is 1.